The zero-order valence-corrected chi connectivity index (χ0v) is 9.91. The summed E-state index contributed by atoms with van der Waals surface area (Å²) in [7, 11) is 0. The number of benzene rings is 1. The summed E-state index contributed by atoms with van der Waals surface area (Å²) < 4.78 is 36.5. The molecule has 0 aliphatic carbocycles. The normalized spacial score (nSPS) is 13.2. The maximum absolute atomic E-state index is 12.2. The molecule has 0 aliphatic heterocycles. The number of alkyl halides is 3. The second kappa shape index (κ2) is 5.24. The number of nitro groups is 1. The second-order valence-corrected chi connectivity index (χ2v) is 4.09. The first kappa shape index (κ1) is 14.3. The van der Waals surface area contributed by atoms with Crippen LogP contribution in [0.3, 0.4) is 0 Å². The predicted octanol–water partition coefficient (Wildman–Crippen LogP) is 3.66. The second-order valence-electron chi connectivity index (χ2n) is 4.09. The molecule has 0 aromatic heterocycles. The number of nitrogens with one attached hydrogen (secondary N) is 1. The van der Waals surface area contributed by atoms with Crippen LogP contribution < -0.4 is 5.32 Å². The Labute approximate surface area is 102 Å². The molecule has 1 N–H and O–H groups in total. The van der Waals surface area contributed by atoms with E-state index in [0.29, 0.717) is 5.56 Å². The quantitative estimate of drug-likeness (QED) is 0.665. The van der Waals surface area contributed by atoms with E-state index in [0.717, 1.165) is 0 Å². The minimum atomic E-state index is -4.30. The number of nitro benzene ring substituents is 1. The highest BCUT2D eigenvalue weighted by atomic mass is 19.4. The molecule has 0 fully saturated rings. The first-order chi connectivity index (χ1) is 8.20. The summed E-state index contributed by atoms with van der Waals surface area (Å²) >= 11 is 0. The Morgan fingerprint density at radius 3 is 2.56 bits per heavy atom. The highest BCUT2D eigenvalue weighted by Crippen LogP contribution is 2.30. The molecule has 0 saturated carbocycles. The van der Waals surface area contributed by atoms with Gasteiger partial charge in [-0.15, -0.1) is 0 Å². The molecule has 18 heavy (non-hydrogen) atoms. The molecular formula is C11H13F3N2O2. The molecule has 0 radical (unpaired) electrons. The molecular weight excluding hydrogens is 249 g/mol. The summed E-state index contributed by atoms with van der Waals surface area (Å²) in [6, 6.07) is 3.58. The molecule has 0 saturated heterocycles. The molecule has 1 unspecified atom stereocenters. The van der Waals surface area contributed by atoms with E-state index in [2.05, 4.69) is 5.32 Å². The summed E-state index contributed by atoms with van der Waals surface area (Å²) in [6.07, 6.45) is -5.34. The number of hydrogen-bond donors (Lipinski definition) is 1. The van der Waals surface area contributed by atoms with Crippen molar-refractivity contribution in [2.24, 2.45) is 0 Å². The van der Waals surface area contributed by atoms with E-state index in [9.17, 15) is 23.3 Å². The Hall–Kier alpha value is -1.79. The Balaban J connectivity index is 2.91. The van der Waals surface area contributed by atoms with Crippen molar-refractivity contribution in [3.8, 4) is 0 Å². The van der Waals surface area contributed by atoms with Crippen molar-refractivity contribution in [3.63, 3.8) is 0 Å². The van der Waals surface area contributed by atoms with Crippen LogP contribution in [0, 0.1) is 17.0 Å². The summed E-state index contributed by atoms with van der Waals surface area (Å²) in [4.78, 5) is 10.3. The van der Waals surface area contributed by atoms with Gasteiger partial charge in [-0.25, -0.2) is 0 Å². The van der Waals surface area contributed by atoms with Crippen molar-refractivity contribution in [3.05, 3.63) is 33.9 Å². The summed E-state index contributed by atoms with van der Waals surface area (Å²) in [5, 5.41) is 13.4. The molecule has 0 bridgehead atoms. The molecule has 0 spiro atoms. The number of para-hydroxylation sites is 1. The summed E-state index contributed by atoms with van der Waals surface area (Å²) in [5.41, 5.74) is 0.326. The van der Waals surface area contributed by atoms with Crippen molar-refractivity contribution in [2.45, 2.75) is 32.5 Å². The molecule has 4 nitrogen and oxygen atoms in total. The highest BCUT2D eigenvalue weighted by molar-refractivity contribution is 5.65. The molecule has 1 atom stereocenters. The van der Waals surface area contributed by atoms with E-state index in [1.807, 2.05) is 0 Å². The van der Waals surface area contributed by atoms with Crippen LogP contribution in [0.4, 0.5) is 24.5 Å². The smallest absolute Gasteiger partial charge is 0.377 e. The van der Waals surface area contributed by atoms with Crippen LogP contribution in [-0.4, -0.2) is 17.1 Å². The van der Waals surface area contributed by atoms with Crippen molar-refractivity contribution in [2.75, 3.05) is 5.32 Å². The Morgan fingerprint density at radius 1 is 1.44 bits per heavy atom. The third kappa shape index (κ3) is 3.90. The molecule has 100 valence electrons. The lowest BCUT2D eigenvalue weighted by Gasteiger charge is -2.17. The van der Waals surface area contributed by atoms with E-state index in [4.69, 9.17) is 0 Å². The standard InChI is InChI=1S/C11H13F3N2O2/c1-7-4-3-5-9(10(7)16(17)18)15-8(2)6-11(12,13)14/h3-5,8,15H,6H2,1-2H3. The van der Waals surface area contributed by atoms with Gasteiger partial charge >= 0.3 is 6.18 Å². The van der Waals surface area contributed by atoms with Gasteiger partial charge in [-0.05, 0) is 19.9 Å². The van der Waals surface area contributed by atoms with Gasteiger partial charge in [-0.3, -0.25) is 10.1 Å². The zero-order chi connectivity index (χ0) is 13.9. The van der Waals surface area contributed by atoms with Crippen molar-refractivity contribution >= 4 is 11.4 Å². The van der Waals surface area contributed by atoms with Gasteiger partial charge in [-0.2, -0.15) is 13.2 Å². The number of rotatable bonds is 4. The van der Waals surface area contributed by atoms with E-state index in [1.54, 1.807) is 6.07 Å². The Bertz CT molecular complexity index is 446. The lowest BCUT2D eigenvalue weighted by Crippen LogP contribution is -2.24. The Morgan fingerprint density at radius 2 is 2.06 bits per heavy atom. The van der Waals surface area contributed by atoms with Gasteiger partial charge in [0.25, 0.3) is 5.69 Å². The minimum Gasteiger partial charge on any atom is -0.377 e. The average molecular weight is 262 g/mol. The average Bonchev–Trinajstić information content (AvgIpc) is 2.13. The Kier molecular flexibility index (Phi) is 4.15. The highest BCUT2D eigenvalue weighted by Gasteiger charge is 2.30. The van der Waals surface area contributed by atoms with Crippen molar-refractivity contribution in [1.29, 1.82) is 0 Å². The predicted molar refractivity (Wildman–Crippen MR) is 61.6 cm³/mol. The van der Waals surface area contributed by atoms with E-state index in [1.165, 1.54) is 26.0 Å². The lowest BCUT2D eigenvalue weighted by atomic mass is 10.1. The fourth-order valence-electron chi connectivity index (χ4n) is 1.68. The number of halogens is 3. The molecule has 1 aromatic carbocycles. The fourth-order valence-corrected chi connectivity index (χ4v) is 1.68. The topological polar surface area (TPSA) is 55.2 Å². The van der Waals surface area contributed by atoms with Crippen LogP contribution >= 0.6 is 0 Å². The molecule has 0 heterocycles. The molecule has 0 amide bonds. The first-order valence-electron chi connectivity index (χ1n) is 5.28. The summed E-state index contributed by atoms with van der Waals surface area (Å²) in [6.45, 7) is 2.87. The molecule has 1 rings (SSSR count). The number of nitrogens with zero attached hydrogens (tertiary/aromatic N) is 1. The van der Waals surface area contributed by atoms with Crippen LogP contribution in [0.1, 0.15) is 18.9 Å². The van der Waals surface area contributed by atoms with Crippen molar-refractivity contribution < 1.29 is 18.1 Å². The van der Waals surface area contributed by atoms with Gasteiger partial charge in [0.05, 0.1) is 11.3 Å². The summed E-state index contributed by atoms with van der Waals surface area (Å²) in [5.74, 6) is 0. The lowest BCUT2D eigenvalue weighted by molar-refractivity contribution is -0.384. The van der Waals surface area contributed by atoms with Crippen molar-refractivity contribution in [1.82, 2.24) is 0 Å². The maximum Gasteiger partial charge on any atom is 0.391 e. The third-order valence-electron chi connectivity index (χ3n) is 2.36. The van der Waals surface area contributed by atoms with Crippen LogP contribution in [0.2, 0.25) is 0 Å². The number of anilines is 1. The zero-order valence-electron chi connectivity index (χ0n) is 9.91. The van der Waals surface area contributed by atoms with Gasteiger partial charge in [0, 0.05) is 11.6 Å². The minimum absolute atomic E-state index is 0.108. The molecule has 1 aromatic rings. The van der Waals surface area contributed by atoms with E-state index < -0.39 is 23.6 Å². The van der Waals surface area contributed by atoms with Gasteiger partial charge in [0.1, 0.15) is 5.69 Å². The van der Waals surface area contributed by atoms with Gasteiger partial charge in [0.15, 0.2) is 0 Å². The SMILES string of the molecule is Cc1cccc(NC(C)CC(F)(F)F)c1[N+](=O)[O-]. The van der Waals surface area contributed by atoms with Gasteiger partial charge < -0.3 is 5.32 Å². The van der Waals surface area contributed by atoms with Crippen LogP contribution in [0.25, 0.3) is 0 Å². The maximum atomic E-state index is 12.2. The first-order valence-corrected chi connectivity index (χ1v) is 5.28. The van der Waals surface area contributed by atoms with Crippen LogP contribution in [0.5, 0.6) is 0 Å². The monoisotopic (exact) mass is 262 g/mol. The molecule has 0 aliphatic rings. The molecule has 7 heteroatoms. The fraction of sp³-hybridized carbons (Fsp3) is 0.455. The van der Waals surface area contributed by atoms with Crippen LogP contribution in [-0.2, 0) is 0 Å². The van der Waals surface area contributed by atoms with Gasteiger partial charge in [-0.1, -0.05) is 12.1 Å². The largest absolute Gasteiger partial charge is 0.391 e. The van der Waals surface area contributed by atoms with E-state index in [-0.39, 0.29) is 11.4 Å². The third-order valence-corrected chi connectivity index (χ3v) is 2.36. The van der Waals surface area contributed by atoms with Gasteiger partial charge in [0.2, 0.25) is 0 Å². The number of hydrogen-bond acceptors (Lipinski definition) is 3. The van der Waals surface area contributed by atoms with E-state index >= 15 is 0 Å². The van der Waals surface area contributed by atoms with Crippen LogP contribution in [0.15, 0.2) is 18.2 Å². The number of aryl methyl sites for hydroxylation is 1.